The van der Waals surface area contributed by atoms with Crippen LogP contribution in [0.3, 0.4) is 0 Å². The van der Waals surface area contributed by atoms with Gasteiger partial charge in [0.1, 0.15) is 5.82 Å². The highest BCUT2D eigenvalue weighted by molar-refractivity contribution is 7.89. The number of hydrogen-bond acceptors (Lipinski definition) is 4. The molecular formula is C15H22N4O3S. The molecule has 7 nitrogen and oxygen atoms in total. The molecule has 1 N–H and O–H groups in total. The summed E-state index contributed by atoms with van der Waals surface area (Å²) in [6.07, 6.45) is -0.0375. The Kier molecular flexibility index (Phi) is 5.38. The van der Waals surface area contributed by atoms with Crippen LogP contribution in [0.4, 0.5) is 0 Å². The first-order valence-electron chi connectivity index (χ1n) is 7.40. The number of carbonyl (C=O) groups is 1. The quantitative estimate of drug-likeness (QED) is 0.807. The minimum Gasteiger partial charge on any atom is -0.354 e. The molecule has 1 aromatic carbocycles. The van der Waals surface area contributed by atoms with Crippen molar-refractivity contribution in [2.45, 2.75) is 19.9 Å². The fraction of sp³-hybridized carbons (Fsp3) is 0.467. The second kappa shape index (κ2) is 7.10. The summed E-state index contributed by atoms with van der Waals surface area (Å²) in [7, 11) is -0.423. The van der Waals surface area contributed by atoms with Crippen molar-refractivity contribution in [1.82, 2.24) is 19.2 Å². The second-order valence-electron chi connectivity index (χ2n) is 5.50. The highest BCUT2D eigenvalue weighted by Gasteiger charge is 2.15. The number of carbonyl (C=O) groups excluding carboxylic acids is 1. The highest BCUT2D eigenvalue weighted by Crippen LogP contribution is 2.14. The number of imidazole rings is 1. The molecule has 0 atom stereocenters. The van der Waals surface area contributed by atoms with Gasteiger partial charge in [-0.05, 0) is 19.1 Å². The Morgan fingerprint density at radius 2 is 2.00 bits per heavy atom. The molecule has 0 unspecified atom stereocenters. The summed E-state index contributed by atoms with van der Waals surface area (Å²) >= 11 is 0. The zero-order chi connectivity index (χ0) is 17.0. The number of sulfonamides is 1. The Morgan fingerprint density at radius 1 is 1.30 bits per heavy atom. The molecule has 0 aliphatic rings. The number of benzene rings is 1. The molecule has 1 heterocycles. The topological polar surface area (TPSA) is 84.3 Å². The van der Waals surface area contributed by atoms with Gasteiger partial charge in [-0.25, -0.2) is 17.7 Å². The molecule has 2 aromatic rings. The van der Waals surface area contributed by atoms with Crippen LogP contribution in [0.15, 0.2) is 24.3 Å². The van der Waals surface area contributed by atoms with Crippen LogP contribution in [-0.2, 0) is 21.4 Å². The molecule has 0 aliphatic heterocycles. The highest BCUT2D eigenvalue weighted by atomic mass is 32.2. The first-order valence-corrected chi connectivity index (χ1v) is 9.01. The van der Waals surface area contributed by atoms with E-state index in [2.05, 4.69) is 10.3 Å². The number of rotatable bonds is 7. The lowest BCUT2D eigenvalue weighted by molar-refractivity contribution is -0.120. The summed E-state index contributed by atoms with van der Waals surface area (Å²) in [4.78, 5) is 16.2. The molecule has 126 valence electrons. The first kappa shape index (κ1) is 17.4. The number of aryl methyl sites for hydroxylation is 1. The van der Waals surface area contributed by atoms with Crippen LogP contribution in [-0.4, -0.2) is 54.6 Å². The SMILES string of the molecule is Cc1nc2ccccc2n1CCNC(=O)CCS(=O)(=O)N(C)C. The number of nitrogens with one attached hydrogen (secondary N) is 1. The van der Waals surface area contributed by atoms with Gasteiger partial charge >= 0.3 is 0 Å². The van der Waals surface area contributed by atoms with Crippen LogP contribution in [0, 0.1) is 6.92 Å². The van der Waals surface area contributed by atoms with E-state index in [0.29, 0.717) is 13.1 Å². The third-order valence-corrected chi connectivity index (χ3v) is 5.48. The van der Waals surface area contributed by atoms with Crippen molar-refractivity contribution in [3.8, 4) is 0 Å². The molecular weight excluding hydrogens is 316 g/mol. The third kappa shape index (κ3) is 4.29. The molecule has 0 aliphatic carbocycles. The van der Waals surface area contributed by atoms with E-state index in [1.807, 2.05) is 35.8 Å². The number of nitrogens with zero attached hydrogens (tertiary/aromatic N) is 3. The molecule has 2 rings (SSSR count). The van der Waals surface area contributed by atoms with E-state index in [4.69, 9.17) is 0 Å². The van der Waals surface area contributed by atoms with Crippen molar-refractivity contribution < 1.29 is 13.2 Å². The van der Waals surface area contributed by atoms with Gasteiger partial charge in [0.25, 0.3) is 0 Å². The number of hydrogen-bond donors (Lipinski definition) is 1. The minimum absolute atomic E-state index is 0.0375. The van der Waals surface area contributed by atoms with Crippen molar-refractivity contribution in [1.29, 1.82) is 0 Å². The molecule has 0 radical (unpaired) electrons. The molecule has 0 spiro atoms. The summed E-state index contributed by atoms with van der Waals surface area (Å²) in [5, 5.41) is 2.75. The van der Waals surface area contributed by atoms with E-state index in [1.54, 1.807) is 0 Å². The average Bonchev–Trinajstić information content (AvgIpc) is 2.81. The van der Waals surface area contributed by atoms with E-state index in [1.165, 1.54) is 14.1 Å². The van der Waals surface area contributed by atoms with Crippen molar-refractivity contribution in [2.24, 2.45) is 0 Å². The lowest BCUT2D eigenvalue weighted by Gasteiger charge is -2.11. The summed E-state index contributed by atoms with van der Waals surface area (Å²) < 4.78 is 26.4. The van der Waals surface area contributed by atoms with Gasteiger partial charge in [-0.2, -0.15) is 0 Å². The van der Waals surface area contributed by atoms with E-state index in [0.717, 1.165) is 21.2 Å². The van der Waals surface area contributed by atoms with Gasteiger partial charge in [-0.3, -0.25) is 4.79 Å². The monoisotopic (exact) mass is 338 g/mol. The van der Waals surface area contributed by atoms with E-state index >= 15 is 0 Å². The lowest BCUT2D eigenvalue weighted by Crippen LogP contribution is -2.31. The largest absolute Gasteiger partial charge is 0.354 e. The molecule has 23 heavy (non-hydrogen) atoms. The molecule has 0 saturated carbocycles. The Hall–Kier alpha value is -1.93. The summed E-state index contributed by atoms with van der Waals surface area (Å²) in [5.41, 5.74) is 1.95. The van der Waals surface area contributed by atoms with Crippen LogP contribution in [0.25, 0.3) is 11.0 Å². The first-order chi connectivity index (χ1) is 10.8. The Labute approximate surface area is 136 Å². The van der Waals surface area contributed by atoms with Crippen molar-refractivity contribution in [3.05, 3.63) is 30.1 Å². The van der Waals surface area contributed by atoms with Crippen LogP contribution in [0.5, 0.6) is 0 Å². The second-order valence-corrected chi connectivity index (χ2v) is 7.80. The maximum absolute atomic E-state index is 11.8. The molecule has 1 amide bonds. The molecule has 0 bridgehead atoms. The Morgan fingerprint density at radius 3 is 2.70 bits per heavy atom. The fourth-order valence-corrected chi connectivity index (χ4v) is 3.09. The zero-order valence-electron chi connectivity index (χ0n) is 13.6. The predicted octanol–water partition coefficient (Wildman–Crippen LogP) is 0.742. The molecule has 0 fully saturated rings. The van der Waals surface area contributed by atoms with Crippen molar-refractivity contribution in [3.63, 3.8) is 0 Å². The minimum atomic E-state index is -3.34. The number of amides is 1. The Balaban J connectivity index is 1.87. The fourth-order valence-electron chi connectivity index (χ4n) is 2.28. The Bertz CT molecular complexity index is 796. The van der Waals surface area contributed by atoms with Crippen LogP contribution >= 0.6 is 0 Å². The van der Waals surface area contributed by atoms with Gasteiger partial charge in [0.05, 0.1) is 16.8 Å². The normalized spacial score (nSPS) is 12.0. The summed E-state index contributed by atoms with van der Waals surface area (Å²) in [6.45, 7) is 2.95. The van der Waals surface area contributed by atoms with Gasteiger partial charge in [0.15, 0.2) is 0 Å². The molecule has 1 aromatic heterocycles. The number of para-hydroxylation sites is 2. The van der Waals surface area contributed by atoms with Gasteiger partial charge < -0.3 is 9.88 Å². The third-order valence-electron chi connectivity index (χ3n) is 3.65. The van der Waals surface area contributed by atoms with Crippen LogP contribution in [0.1, 0.15) is 12.2 Å². The van der Waals surface area contributed by atoms with Gasteiger partial charge in [-0.15, -0.1) is 0 Å². The summed E-state index contributed by atoms with van der Waals surface area (Å²) in [5.74, 6) is 0.437. The van der Waals surface area contributed by atoms with E-state index in [9.17, 15) is 13.2 Å². The smallest absolute Gasteiger partial charge is 0.221 e. The van der Waals surface area contributed by atoms with Crippen molar-refractivity contribution in [2.75, 3.05) is 26.4 Å². The van der Waals surface area contributed by atoms with Crippen LogP contribution < -0.4 is 5.32 Å². The zero-order valence-corrected chi connectivity index (χ0v) is 14.4. The van der Waals surface area contributed by atoms with Crippen molar-refractivity contribution >= 4 is 27.0 Å². The maximum atomic E-state index is 11.8. The van der Waals surface area contributed by atoms with E-state index in [-0.39, 0.29) is 18.1 Å². The molecule has 0 saturated heterocycles. The van der Waals surface area contributed by atoms with Gasteiger partial charge in [0, 0.05) is 33.6 Å². The average molecular weight is 338 g/mol. The molecule has 8 heteroatoms. The number of aromatic nitrogens is 2. The van der Waals surface area contributed by atoms with Gasteiger partial charge in [-0.1, -0.05) is 12.1 Å². The standard InChI is InChI=1S/C15H22N4O3S/c1-12-17-13-6-4-5-7-14(13)19(12)10-9-16-15(20)8-11-23(21,22)18(2)3/h4-7H,8-11H2,1-3H3,(H,16,20). The summed E-state index contributed by atoms with van der Waals surface area (Å²) in [6, 6.07) is 7.82. The maximum Gasteiger partial charge on any atom is 0.221 e. The van der Waals surface area contributed by atoms with Gasteiger partial charge in [0.2, 0.25) is 15.9 Å². The van der Waals surface area contributed by atoms with Crippen LogP contribution in [0.2, 0.25) is 0 Å². The lowest BCUT2D eigenvalue weighted by atomic mass is 10.3. The van der Waals surface area contributed by atoms with E-state index < -0.39 is 10.0 Å². The predicted molar refractivity (Wildman–Crippen MR) is 89.6 cm³/mol. The number of fused-ring (bicyclic) bond motifs is 1.